The van der Waals surface area contributed by atoms with Crippen LogP contribution in [0.2, 0.25) is 0 Å². The average Bonchev–Trinajstić information content (AvgIpc) is 2.97. The Kier molecular flexibility index (Phi) is 2.48. The Bertz CT molecular complexity index is 518. The summed E-state index contributed by atoms with van der Waals surface area (Å²) >= 11 is 0. The molecule has 3 heterocycles. The number of hydrogen-bond donors (Lipinski definition) is 1. The molecule has 0 amide bonds. The molecular formula is C12H17N5. The summed E-state index contributed by atoms with van der Waals surface area (Å²) in [6.45, 7) is 2.13. The Balaban J connectivity index is 1.84. The number of hydrogen-bond acceptors (Lipinski definition) is 4. The van der Waals surface area contributed by atoms with Crippen molar-refractivity contribution in [3.8, 4) is 0 Å². The number of aromatic amines is 1. The molecule has 17 heavy (non-hydrogen) atoms. The van der Waals surface area contributed by atoms with Crippen molar-refractivity contribution in [2.75, 3.05) is 32.1 Å². The molecule has 2 aromatic heterocycles. The van der Waals surface area contributed by atoms with E-state index in [-0.39, 0.29) is 0 Å². The van der Waals surface area contributed by atoms with E-state index < -0.39 is 0 Å². The van der Waals surface area contributed by atoms with Crippen molar-refractivity contribution in [1.82, 2.24) is 19.9 Å². The SMILES string of the molecule is CN(C)C1CCN(c2ccc3[nH]cnc3n2)C1. The van der Waals surface area contributed by atoms with Gasteiger partial charge in [-0.25, -0.2) is 9.97 Å². The molecule has 1 saturated heterocycles. The van der Waals surface area contributed by atoms with Crippen LogP contribution in [0.3, 0.4) is 0 Å². The van der Waals surface area contributed by atoms with E-state index >= 15 is 0 Å². The van der Waals surface area contributed by atoms with Gasteiger partial charge in [0, 0.05) is 19.1 Å². The quantitative estimate of drug-likeness (QED) is 0.840. The Labute approximate surface area is 100 Å². The van der Waals surface area contributed by atoms with Crippen molar-refractivity contribution >= 4 is 17.0 Å². The fourth-order valence-electron chi connectivity index (χ4n) is 2.36. The van der Waals surface area contributed by atoms with Crippen LogP contribution in [0.15, 0.2) is 18.5 Å². The maximum absolute atomic E-state index is 4.58. The molecule has 0 radical (unpaired) electrons. The van der Waals surface area contributed by atoms with Gasteiger partial charge in [0.15, 0.2) is 5.65 Å². The van der Waals surface area contributed by atoms with Crippen LogP contribution < -0.4 is 4.90 Å². The first kappa shape index (κ1) is 10.5. The van der Waals surface area contributed by atoms with E-state index in [2.05, 4.69) is 44.9 Å². The van der Waals surface area contributed by atoms with E-state index in [4.69, 9.17) is 0 Å². The zero-order chi connectivity index (χ0) is 11.8. The predicted molar refractivity (Wildman–Crippen MR) is 68.2 cm³/mol. The van der Waals surface area contributed by atoms with Crippen molar-refractivity contribution < 1.29 is 0 Å². The Morgan fingerprint density at radius 2 is 2.29 bits per heavy atom. The predicted octanol–water partition coefficient (Wildman–Crippen LogP) is 1.10. The highest BCUT2D eigenvalue weighted by atomic mass is 15.3. The van der Waals surface area contributed by atoms with E-state index in [9.17, 15) is 0 Å². The number of nitrogens with one attached hydrogen (secondary N) is 1. The van der Waals surface area contributed by atoms with E-state index in [1.165, 1.54) is 6.42 Å². The lowest BCUT2D eigenvalue weighted by molar-refractivity contribution is 0.315. The average molecular weight is 231 g/mol. The number of rotatable bonds is 2. The summed E-state index contributed by atoms with van der Waals surface area (Å²) in [6.07, 6.45) is 2.89. The van der Waals surface area contributed by atoms with Gasteiger partial charge in [-0.15, -0.1) is 0 Å². The second-order valence-corrected chi connectivity index (χ2v) is 4.80. The molecule has 1 N–H and O–H groups in total. The molecule has 0 spiro atoms. The number of likely N-dealkylation sites (N-methyl/N-ethyl adjacent to an activating group) is 1. The third-order valence-corrected chi connectivity index (χ3v) is 3.48. The minimum Gasteiger partial charge on any atom is -0.355 e. The molecule has 1 aliphatic rings. The number of anilines is 1. The first-order chi connectivity index (χ1) is 8.24. The monoisotopic (exact) mass is 231 g/mol. The molecule has 1 fully saturated rings. The summed E-state index contributed by atoms with van der Waals surface area (Å²) in [6, 6.07) is 4.75. The fourth-order valence-corrected chi connectivity index (χ4v) is 2.36. The largest absolute Gasteiger partial charge is 0.355 e. The molecule has 0 aliphatic carbocycles. The standard InChI is InChI=1S/C12H17N5/c1-16(2)9-5-6-17(7-9)11-4-3-10-12(15-11)14-8-13-10/h3-4,8-9H,5-7H2,1-2H3,(H,13,14,15). The van der Waals surface area contributed by atoms with Gasteiger partial charge in [-0.2, -0.15) is 0 Å². The van der Waals surface area contributed by atoms with Crippen LogP contribution in [-0.4, -0.2) is 53.1 Å². The van der Waals surface area contributed by atoms with Gasteiger partial charge in [0.1, 0.15) is 5.82 Å². The molecule has 0 bridgehead atoms. The van der Waals surface area contributed by atoms with Crippen LogP contribution in [0, 0.1) is 0 Å². The van der Waals surface area contributed by atoms with E-state index in [0.29, 0.717) is 6.04 Å². The zero-order valence-corrected chi connectivity index (χ0v) is 10.2. The Morgan fingerprint density at radius 3 is 3.06 bits per heavy atom. The highest BCUT2D eigenvalue weighted by Crippen LogP contribution is 2.21. The second-order valence-electron chi connectivity index (χ2n) is 4.80. The lowest BCUT2D eigenvalue weighted by atomic mass is 10.2. The van der Waals surface area contributed by atoms with Crippen LogP contribution in [0.5, 0.6) is 0 Å². The van der Waals surface area contributed by atoms with Crippen molar-refractivity contribution in [3.05, 3.63) is 18.5 Å². The van der Waals surface area contributed by atoms with Crippen LogP contribution in [0.1, 0.15) is 6.42 Å². The van der Waals surface area contributed by atoms with Crippen molar-refractivity contribution in [2.45, 2.75) is 12.5 Å². The third-order valence-electron chi connectivity index (χ3n) is 3.48. The minimum atomic E-state index is 0.631. The number of nitrogens with zero attached hydrogens (tertiary/aromatic N) is 4. The molecule has 1 aliphatic heterocycles. The number of pyridine rings is 1. The van der Waals surface area contributed by atoms with Gasteiger partial charge in [-0.05, 0) is 32.6 Å². The smallest absolute Gasteiger partial charge is 0.179 e. The summed E-state index contributed by atoms with van der Waals surface area (Å²) in [5.74, 6) is 1.04. The topological polar surface area (TPSA) is 48.0 Å². The van der Waals surface area contributed by atoms with E-state index in [0.717, 1.165) is 30.1 Å². The summed E-state index contributed by atoms with van der Waals surface area (Å²) in [7, 11) is 4.27. The highest BCUT2D eigenvalue weighted by molar-refractivity contribution is 5.72. The van der Waals surface area contributed by atoms with E-state index in [1.54, 1.807) is 6.33 Å². The third kappa shape index (κ3) is 1.86. The van der Waals surface area contributed by atoms with Gasteiger partial charge in [0.2, 0.25) is 0 Å². The molecule has 1 unspecified atom stereocenters. The summed E-state index contributed by atoms with van der Waals surface area (Å²) in [5, 5.41) is 0. The fraction of sp³-hybridized carbons (Fsp3) is 0.500. The molecule has 0 aromatic carbocycles. The molecule has 2 aromatic rings. The van der Waals surface area contributed by atoms with Gasteiger partial charge in [-0.1, -0.05) is 0 Å². The first-order valence-corrected chi connectivity index (χ1v) is 5.95. The van der Waals surface area contributed by atoms with E-state index in [1.807, 2.05) is 6.07 Å². The molecular weight excluding hydrogens is 214 g/mol. The molecule has 1 atom stereocenters. The van der Waals surface area contributed by atoms with Gasteiger partial charge in [0.25, 0.3) is 0 Å². The lowest BCUT2D eigenvalue weighted by Gasteiger charge is -2.20. The first-order valence-electron chi connectivity index (χ1n) is 5.95. The lowest BCUT2D eigenvalue weighted by Crippen LogP contribution is -2.31. The second kappa shape index (κ2) is 4.00. The van der Waals surface area contributed by atoms with Crippen molar-refractivity contribution in [2.24, 2.45) is 0 Å². The molecule has 5 nitrogen and oxygen atoms in total. The van der Waals surface area contributed by atoms with Crippen molar-refractivity contribution in [3.63, 3.8) is 0 Å². The minimum absolute atomic E-state index is 0.631. The Hall–Kier alpha value is -1.62. The molecule has 5 heteroatoms. The van der Waals surface area contributed by atoms with Crippen LogP contribution >= 0.6 is 0 Å². The summed E-state index contributed by atoms with van der Waals surface area (Å²) in [5.41, 5.74) is 1.80. The summed E-state index contributed by atoms with van der Waals surface area (Å²) in [4.78, 5) is 16.5. The van der Waals surface area contributed by atoms with Crippen molar-refractivity contribution in [1.29, 1.82) is 0 Å². The number of H-pyrrole nitrogens is 1. The molecule has 3 rings (SSSR count). The van der Waals surface area contributed by atoms with Gasteiger partial charge in [0.05, 0.1) is 11.8 Å². The summed E-state index contributed by atoms with van der Waals surface area (Å²) < 4.78 is 0. The normalized spacial score (nSPS) is 20.6. The number of fused-ring (bicyclic) bond motifs is 1. The Morgan fingerprint density at radius 1 is 1.41 bits per heavy atom. The molecule has 90 valence electrons. The maximum atomic E-state index is 4.58. The molecule has 0 saturated carbocycles. The van der Waals surface area contributed by atoms with Gasteiger partial charge >= 0.3 is 0 Å². The highest BCUT2D eigenvalue weighted by Gasteiger charge is 2.24. The zero-order valence-electron chi connectivity index (χ0n) is 10.2. The van der Waals surface area contributed by atoms with Gasteiger partial charge in [-0.3, -0.25) is 0 Å². The van der Waals surface area contributed by atoms with Gasteiger partial charge < -0.3 is 14.8 Å². The number of imidazole rings is 1. The number of aromatic nitrogens is 3. The van der Waals surface area contributed by atoms with Crippen LogP contribution in [-0.2, 0) is 0 Å². The maximum Gasteiger partial charge on any atom is 0.179 e. The van der Waals surface area contributed by atoms with Crippen LogP contribution in [0.25, 0.3) is 11.2 Å². The van der Waals surface area contributed by atoms with Crippen LogP contribution in [0.4, 0.5) is 5.82 Å².